The fourth-order valence-electron chi connectivity index (χ4n) is 2.58. The molecule has 0 saturated carbocycles. The molecule has 4 nitrogen and oxygen atoms in total. The summed E-state index contributed by atoms with van der Waals surface area (Å²) in [5, 5.41) is 0. The molecule has 1 fully saturated rings. The van der Waals surface area contributed by atoms with Gasteiger partial charge in [0.05, 0.1) is 24.3 Å². The van der Waals surface area contributed by atoms with Gasteiger partial charge in [0, 0.05) is 11.3 Å². The minimum absolute atomic E-state index is 0.239. The number of rotatable bonds is 5. The molecule has 0 amide bonds. The Balaban J connectivity index is 1.77. The maximum Gasteiger partial charge on any atom is 0.416 e. The molecule has 27 heavy (non-hydrogen) atoms. The van der Waals surface area contributed by atoms with Crippen molar-refractivity contribution in [3.8, 4) is 11.5 Å². The number of hydrogen-bond acceptors (Lipinski definition) is 5. The Kier molecular flexibility index (Phi) is 5.96. The van der Waals surface area contributed by atoms with E-state index < -0.39 is 17.7 Å². The van der Waals surface area contributed by atoms with Crippen LogP contribution in [0.2, 0.25) is 0 Å². The minimum atomic E-state index is -4.40. The predicted octanol–water partition coefficient (Wildman–Crippen LogP) is 5.17. The van der Waals surface area contributed by atoms with Crippen LogP contribution in [0.4, 0.5) is 13.2 Å². The molecular weight excluding hydrogens is 381 g/mol. The van der Waals surface area contributed by atoms with Crippen LogP contribution in [0.15, 0.2) is 47.4 Å². The van der Waals surface area contributed by atoms with Gasteiger partial charge in [-0.25, -0.2) is 4.79 Å². The van der Waals surface area contributed by atoms with Gasteiger partial charge in [-0.15, -0.1) is 11.8 Å². The van der Waals surface area contributed by atoms with Gasteiger partial charge in [-0.3, -0.25) is 0 Å². The number of carbonyl (C=O) groups excluding carboxylic acids is 1. The Hall–Kier alpha value is -2.19. The van der Waals surface area contributed by atoms with Crippen molar-refractivity contribution in [2.24, 2.45) is 0 Å². The molecule has 1 unspecified atom stereocenters. The number of hydrogen-bond donors (Lipinski definition) is 0. The lowest BCUT2D eigenvalue weighted by Crippen LogP contribution is -2.18. The Morgan fingerprint density at radius 3 is 2.44 bits per heavy atom. The van der Waals surface area contributed by atoms with Crippen LogP contribution in [-0.2, 0) is 15.7 Å². The molecule has 8 heteroatoms. The van der Waals surface area contributed by atoms with Crippen molar-refractivity contribution in [3.05, 3.63) is 53.6 Å². The van der Waals surface area contributed by atoms with Gasteiger partial charge >= 0.3 is 12.1 Å². The topological polar surface area (TPSA) is 44.8 Å². The van der Waals surface area contributed by atoms with Crippen molar-refractivity contribution in [2.45, 2.75) is 23.6 Å². The average molecular weight is 398 g/mol. The van der Waals surface area contributed by atoms with E-state index >= 15 is 0 Å². The minimum Gasteiger partial charge on any atom is -0.457 e. The summed E-state index contributed by atoms with van der Waals surface area (Å²) in [6, 6.07) is 9.26. The van der Waals surface area contributed by atoms with Crippen LogP contribution in [0.5, 0.6) is 11.5 Å². The highest BCUT2D eigenvalue weighted by Crippen LogP contribution is 2.33. The second-order valence-corrected chi connectivity index (χ2v) is 6.73. The highest BCUT2D eigenvalue weighted by atomic mass is 32.2. The van der Waals surface area contributed by atoms with Gasteiger partial charge in [0.1, 0.15) is 17.6 Å². The fraction of sp³-hybridized carbons (Fsp3) is 0.316. The maximum absolute atomic E-state index is 12.6. The number of benzene rings is 2. The molecule has 3 rings (SSSR count). The van der Waals surface area contributed by atoms with E-state index in [2.05, 4.69) is 0 Å². The summed E-state index contributed by atoms with van der Waals surface area (Å²) in [6.07, 6.45) is -2.19. The molecule has 0 radical (unpaired) electrons. The zero-order valence-electron chi connectivity index (χ0n) is 14.4. The summed E-state index contributed by atoms with van der Waals surface area (Å²) in [5.74, 6) is 0.0957. The van der Waals surface area contributed by atoms with Gasteiger partial charge in [0.25, 0.3) is 0 Å². The fourth-order valence-corrected chi connectivity index (χ4v) is 3.15. The van der Waals surface area contributed by atoms with Crippen molar-refractivity contribution in [1.29, 1.82) is 0 Å². The van der Waals surface area contributed by atoms with Crippen LogP contribution in [0.1, 0.15) is 22.3 Å². The van der Waals surface area contributed by atoms with Crippen LogP contribution in [0, 0.1) is 0 Å². The Labute approximate surface area is 158 Å². The number of esters is 1. The third kappa shape index (κ3) is 4.95. The van der Waals surface area contributed by atoms with Gasteiger partial charge < -0.3 is 14.2 Å². The predicted molar refractivity (Wildman–Crippen MR) is 94.4 cm³/mol. The summed E-state index contributed by atoms with van der Waals surface area (Å²) in [7, 11) is 0. The molecule has 144 valence electrons. The van der Waals surface area contributed by atoms with E-state index in [4.69, 9.17) is 14.2 Å². The largest absolute Gasteiger partial charge is 0.457 e. The molecule has 1 aliphatic heterocycles. The van der Waals surface area contributed by atoms with Gasteiger partial charge in [0.15, 0.2) is 0 Å². The van der Waals surface area contributed by atoms with Crippen molar-refractivity contribution < 1.29 is 32.2 Å². The molecule has 0 aromatic heterocycles. The number of halogens is 3. The first-order valence-electron chi connectivity index (χ1n) is 8.18. The molecule has 1 atom stereocenters. The number of carbonyl (C=O) groups is 1. The third-order valence-corrected chi connectivity index (χ3v) is 4.77. The van der Waals surface area contributed by atoms with Crippen LogP contribution < -0.4 is 4.74 Å². The molecule has 1 heterocycles. The van der Waals surface area contributed by atoms with E-state index in [9.17, 15) is 18.0 Å². The molecule has 1 saturated heterocycles. The number of alkyl halides is 3. The second kappa shape index (κ2) is 8.22. The lowest BCUT2D eigenvalue weighted by molar-refractivity contribution is -0.137. The van der Waals surface area contributed by atoms with Gasteiger partial charge in [-0.1, -0.05) is 0 Å². The van der Waals surface area contributed by atoms with E-state index in [-0.39, 0.29) is 11.9 Å². The standard InChI is InChI=1S/C19H17F3O4S/c1-27-17-7-6-14(10-16(17)18(23)26-15-8-9-24-11-15)25-13-4-2-12(3-5-13)19(20,21)22/h2-7,10,15H,8-9,11H2,1H3. The van der Waals surface area contributed by atoms with Gasteiger partial charge in [-0.2, -0.15) is 13.2 Å². The van der Waals surface area contributed by atoms with Crippen molar-refractivity contribution in [2.75, 3.05) is 19.5 Å². The van der Waals surface area contributed by atoms with Gasteiger partial charge in [0.2, 0.25) is 0 Å². The summed E-state index contributed by atoms with van der Waals surface area (Å²) in [4.78, 5) is 13.2. The Morgan fingerprint density at radius 1 is 1.15 bits per heavy atom. The van der Waals surface area contributed by atoms with Crippen molar-refractivity contribution in [3.63, 3.8) is 0 Å². The molecule has 2 aromatic rings. The quantitative estimate of drug-likeness (QED) is 0.514. The first-order chi connectivity index (χ1) is 12.9. The monoisotopic (exact) mass is 398 g/mol. The number of ether oxygens (including phenoxy) is 3. The van der Waals surface area contributed by atoms with E-state index in [0.29, 0.717) is 30.9 Å². The Bertz CT molecular complexity index is 800. The average Bonchev–Trinajstić information content (AvgIpc) is 3.14. The molecule has 0 bridgehead atoms. The SMILES string of the molecule is CSc1ccc(Oc2ccc(C(F)(F)F)cc2)cc1C(=O)OC1CCOC1. The van der Waals surface area contributed by atoms with E-state index in [1.54, 1.807) is 12.1 Å². The first kappa shape index (κ1) is 19.6. The Morgan fingerprint density at radius 2 is 1.85 bits per heavy atom. The maximum atomic E-state index is 12.6. The molecular formula is C19H17F3O4S. The zero-order chi connectivity index (χ0) is 19.4. The molecule has 0 aliphatic carbocycles. The second-order valence-electron chi connectivity index (χ2n) is 5.88. The molecule has 1 aliphatic rings. The summed E-state index contributed by atoms with van der Waals surface area (Å²) >= 11 is 1.39. The van der Waals surface area contributed by atoms with Crippen LogP contribution >= 0.6 is 11.8 Å². The normalized spacial score (nSPS) is 17.0. The van der Waals surface area contributed by atoms with Crippen molar-refractivity contribution >= 4 is 17.7 Å². The lowest BCUT2D eigenvalue weighted by Gasteiger charge is -2.14. The molecule has 0 N–H and O–H groups in total. The molecule has 2 aromatic carbocycles. The van der Waals surface area contributed by atoms with Crippen LogP contribution in [0.25, 0.3) is 0 Å². The number of thioether (sulfide) groups is 1. The van der Waals surface area contributed by atoms with E-state index in [1.807, 2.05) is 6.26 Å². The zero-order valence-corrected chi connectivity index (χ0v) is 15.2. The summed E-state index contributed by atoms with van der Waals surface area (Å²) in [6.45, 7) is 0.937. The highest BCUT2D eigenvalue weighted by Gasteiger charge is 2.30. The van der Waals surface area contributed by atoms with Crippen LogP contribution in [0.3, 0.4) is 0 Å². The first-order valence-corrected chi connectivity index (χ1v) is 9.41. The van der Waals surface area contributed by atoms with Crippen LogP contribution in [-0.4, -0.2) is 31.5 Å². The smallest absolute Gasteiger partial charge is 0.416 e. The summed E-state index contributed by atoms with van der Waals surface area (Å²) in [5.41, 5.74) is -0.408. The van der Waals surface area contributed by atoms with Crippen molar-refractivity contribution in [1.82, 2.24) is 0 Å². The van der Waals surface area contributed by atoms with E-state index in [1.165, 1.54) is 30.0 Å². The lowest BCUT2D eigenvalue weighted by atomic mass is 10.2. The highest BCUT2D eigenvalue weighted by molar-refractivity contribution is 7.98. The van der Waals surface area contributed by atoms with E-state index in [0.717, 1.165) is 17.0 Å². The molecule has 0 spiro atoms. The third-order valence-electron chi connectivity index (χ3n) is 3.97. The summed E-state index contributed by atoms with van der Waals surface area (Å²) < 4.78 is 54.1. The van der Waals surface area contributed by atoms with Gasteiger partial charge in [-0.05, 0) is 48.7 Å².